The summed E-state index contributed by atoms with van der Waals surface area (Å²) in [5.74, 6) is -1.64. The molecular weight excluding hydrogens is 455 g/mol. The van der Waals surface area contributed by atoms with Crippen LogP contribution >= 0.6 is 23.2 Å². The summed E-state index contributed by atoms with van der Waals surface area (Å²) in [6, 6.07) is 8.19. The van der Waals surface area contributed by atoms with Gasteiger partial charge in [0.1, 0.15) is 17.3 Å². The molecule has 32 heavy (non-hydrogen) atoms. The molecule has 1 aliphatic heterocycles. The van der Waals surface area contributed by atoms with Gasteiger partial charge in [0.15, 0.2) is 0 Å². The summed E-state index contributed by atoms with van der Waals surface area (Å²) in [5.41, 5.74) is 0.713. The predicted molar refractivity (Wildman–Crippen MR) is 123 cm³/mol. The van der Waals surface area contributed by atoms with Crippen LogP contribution in [0.15, 0.2) is 42.0 Å². The highest BCUT2D eigenvalue weighted by atomic mass is 35.5. The number of likely N-dealkylation sites (tertiary alicyclic amines) is 1. The lowest BCUT2D eigenvalue weighted by molar-refractivity contribution is -0.140. The van der Waals surface area contributed by atoms with Crippen molar-refractivity contribution in [3.8, 4) is 11.5 Å². The molecular formula is C23H24Cl2N2O5. The number of aliphatic hydroxyl groups excluding tert-OH is 1. The summed E-state index contributed by atoms with van der Waals surface area (Å²) >= 11 is 12.2. The van der Waals surface area contributed by atoms with Gasteiger partial charge in [-0.3, -0.25) is 9.59 Å². The largest absolute Gasteiger partial charge is 0.507 e. The number of aromatic hydroxyl groups is 1. The van der Waals surface area contributed by atoms with Gasteiger partial charge < -0.3 is 24.7 Å². The Morgan fingerprint density at radius 3 is 2.47 bits per heavy atom. The van der Waals surface area contributed by atoms with Gasteiger partial charge in [-0.15, -0.1) is 0 Å². The lowest BCUT2D eigenvalue weighted by Crippen LogP contribution is -2.35. The maximum absolute atomic E-state index is 13.0. The van der Waals surface area contributed by atoms with Crippen molar-refractivity contribution in [1.29, 1.82) is 0 Å². The van der Waals surface area contributed by atoms with Gasteiger partial charge in [0.25, 0.3) is 11.7 Å². The number of nitrogens with zero attached hydrogens (tertiary/aromatic N) is 2. The second-order valence-electron chi connectivity index (χ2n) is 7.58. The number of hydrogen-bond acceptors (Lipinski definition) is 6. The molecule has 0 bridgehead atoms. The third-order valence-corrected chi connectivity index (χ3v) is 5.74. The molecule has 0 saturated carbocycles. The topological polar surface area (TPSA) is 90.3 Å². The van der Waals surface area contributed by atoms with E-state index in [0.29, 0.717) is 35.1 Å². The summed E-state index contributed by atoms with van der Waals surface area (Å²) in [6.07, 6.45) is 0. The Kier molecular flexibility index (Phi) is 7.33. The molecule has 2 aromatic rings. The van der Waals surface area contributed by atoms with Crippen LogP contribution in [0.2, 0.25) is 10.0 Å². The van der Waals surface area contributed by atoms with Crippen LogP contribution in [0.5, 0.6) is 11.5 Å². The van der Waals surface area contributed by atoms with Crippen LogP contribution in [-0.2, 0) is 9.59 Å². The van der Waals surface area contributed by atoms with Crippen LogP contribution in [-0.4, -0.2) is 65.5 Å². The lowest BCUT2D eigenvalue weighted by atomic mass is 9.95. The summed E-state index contributed by atoms with van der Waals surface area (Å²) in [5, 5.41) is 21.4. The monoisotopic (exact) mass is 478 g/mol. The molecule has 1 aliphatic rings. The van der Waals surface area contributed by atoms with Crippen LogP contribution in [0.3, 0.4) is 0 Å². The number of likely N-dealkylation sites (N-methyl/N-ethyl adjacent to an activating group) is 1. The Hall–Kier alpha value is -2.74. The normalized spacial score (nSPS) is 17.9. The molecule has 1 amide bonds. The molecule has 1 heterocycles. The van der Waals surface area contributed by atoms with Crippen molar-refractivity contribution in [3.63, 3.8) is 0 Å². The van der Waals surface area contributed by atoms with Crippen molar-refractivity contribution in [1.82, 2.24) is 9.80 Å². The molecule has 0 spiro atoms. The second kappa shape index (κ2) is 9.81. The fourth-order valence-electron chi connectivity index (χ4n) is 3.53. The molecule has 1 fully saturated rings. The van der Waals surface area contributed by atoms with Crippen LogP contribution in [0.25, 0.3) is 5.76 Å². The van der Waals surface area contributed by atoms with E-state index in [1.807, 2.05) is 19.0 Å². The number of phenols is 1. The molecule has 0 aromatic heterocycles. The number of amides is 1. The van der Waals surface area contributed by atoms with Crippen molar-refractivity contribution in [2.24, 2.45) is 0 Å². The number of aliphatic hydroxyl groups is 1. The first-order chi connectivity index (χ1) is 15.1. The summed E-state index contributed by atoms with van der Waals surface area (Å²) in [6.45, 7) is 2.92. The lowest BCUT2D eigenvalue weighted by Gasteiger charge is -2.26. The number of halogens is 2. The number of ether oxygens (including phenoxy) is 1. The Morgan fingerprint density at radius 1 is 1.12 bits per heavy atom. The number of ketones is 1. The van der Waals surface area contributed by atoms with Crippen LogP contribution in [0.4, 0.5) is 0 Å². The van der Waals surface area contributed by atoms with E-state index in [1.54, 1.807) is 25.1 Å². The first kappa shape index (κ1) is 23.9. The quantitative estimate of drug-likeness (QED) is 0.354. The minimum Gasteiger partial charge on any atom is -0.507 e. The maximum Gasteiger partial charge on any atom is 0.295 e. The minimum atomic E-state index is -0.876. The van der Waals surface area contributed by atoms with Crippen molar-refractivity contribution in [3.05, 3.63) is 63.1 Å². The molecule has 2 aromatic carbocycles. The van der Waals surface area contributed by atoms with Crippen molar-refractivity contribution < 1.29 is 24.5 Å². The van der Waals surface area contributed by atoms with Gasteiger partial charge in [-0.25, -0.2) is 0 Å². The average molecular weight is 479 g/mol. The van der Waals surface area contributed by atoms with E-state index in [2.05, 4.69) is 0 Å². The molecule has 7 nitrogen and oxygen atoms in total. The van der Waals surface area contributed by atoms with Gasteiger partial charge in [0.2, 0.25) is 0 Å². The molecule has 2 N–H and O–H groups in total. The van der Waals surface area contributed by atoms with Gasteiger partial charge >= 0.3 is 0 Å². The van der Waals surface area contributed by atoms with Crippen molar-refractivity contribution in [2.45, 2.75) is 13.0 Å². The molecule has 3 rings (SSSR count). The highest BCUT2D eigenvalue weighted by Crippen LogP contribution is 2.41. The van der Waals surface area contributed by atoms with Crippen LogP contribution in [0.1, 0.15) is 24.1 Å². The molecule has 170 valence electrons. The van der Waals surface area contributed by atoms with E-state index in [1.165, 1.54) is 23.1 Å². The average Bonchev–Trinajstić information content (AvgIpc) is 3.00. The fraction of sp³-hybridized carbons (Fsp3) is 0.304. The van der Waals surface area contributed by atoms with Gasteiger partial charge in [-0.05, 0) is 56.9 Å². The molecule has 0 aliphatic carbocycles. The number of rotatable bonds is 7. The fourth-order valence-corrected chi connectivity index (χ4v) is 3.89. The zero-order chi connectivity index (χ0) is 23.6. The summed E-state index contributed by atoms with van der Waals surface area (Å²) in [7, 11) is 3.71. The van der Waals surface area contributed by atoms with Crippen LogP contribution < -0.4 is 4.74 Å². The third kappa shape index (κ3) is 4.70. The van der Waals surface area contributed by atoms with E-state index in [9.17, 15) is 19.8 Å². The standard InChI is InChI=1S/C23H24Cl2N2O5/c1-4-32-18-12-14(5-7-15(18)24)21(29)19-20(13-6-8-17(28)16(25)11-13)27(10-9-26(2)3)23(31)22(19)30/h5-8,11-12,20,28-29H,4,9-10H2,1-3H3/b21-19-. The third-order valence-electron chi connectivity index (χ3n) is 5.12. The first-order valence-electron chi connectivity index (χ1n) is 10.00. The maximum atomic E-state index is 13.0. The number of carbonyl (C=O) groups excluding carboxylic acids is 2. The number of hydrogen-bond donors (Lipinski definition) is 2. The zero-order valence-corrected chi connectivity index (χ0v) is 19.4. The molecule has 1 saturated heterocycles. The Morgan fingerprint density at radius 2 is 1.84 bits per heavy atom. The Bertz CT molecular complexity index is 1080. The predicted octanol–water partition coefficient (Wildman–Crippen LogP) is 4.08. The van der Waals surface area contributed by atoms with Crippen LogP contribution in [0, 0.1) is 0 Å². The summed E-state index contributed by atoms with van der Waals surface area (Å²) in [4.78, 5) is 29.2. The van der Waals surface area contributed by atoms with Gasteiger partial charge in [-0.1, -0.05) is 29.3 Å². The van der Waals surface area contributed by atoms with E-state index in [-0.39, 0.29) is 28.6 Å². The van der Waals surface area contributed by atoms with E-state index >= 15 is 0 Å². The van der Waals surface area contributed by atoms with Crippen molar-refractivity contribution in [2.75, 3.05) is 33.8 Å². The number of benzene rings is 2. The second-order valence-corrected chi connectivity index (χ2v) is 8.40. The molecule has 1 unspecified atom stereocenters. The van der Waals surface area contributed by atoms with E-state index in [4.69, 9.17) is 27.9 Å². The van der Waals surface area contributed by atoms with Crippen molar-refractivity contribution >= 4 is 40.7 Å². The highest BCUT2D eigenvalue weighted by Gasteiger charge is 2.46. The molecule has 1 atom stereocenters. The van der Waals surface area contributed by atoms with Gasteiger partial charge in [0, 0.05) is 18.7 Å². The summed E-state index contributed by atoms with van der Waals surface area (Å²) < 4.78 is 5.49. The van der Waals surface area contributed by atoms with Gasteiger partial charge in [0.05, 0.1) is 28.3 Å². The Labute approximate surface area is 196 Å². The highest BCUT2D eigenvalue weighted by molar-refractivity contribution is 6.46. The number of phenolic OH excluding ortho intramolecular Hbond substituents is 1. The SMILES string of the molecule is CCOc1cc(/C(O)=C2/C(=O)C(=O)N(CCN(C)C)C2c2ccc(O)c(Cl)c2)ccc1Cl. The smallest absolute Gasteiger partial charge is 0.295 e. The van der Waals surface area contributed by atoms with E-state index in [0.717, 1.165) is 0 Å². The Balaban J connectivity index is 2.18. The molecule has 9 heteroatoms. The first-order valence-corrected chi connectivity index (χ1v) is 10.8. The number of Topliss-reactive ketones (excluding diaryl/α,β-unsaturated/α-hetero) is 1. The molecule has 0 radical (unpaired) electrons. The van der Waals surface area contributed by atoms with E-state index < -0.39 is 17.7 Å². The van der Waals surface area contributed by atoms with Gasteiger partial charge in [-0.2, -0.15) is 0 Å². The minimum absolute atomic E-state index is 0.0692. The number of carbonyl (C=O) groups is 2. The zero-order valence-electron chi connectivity index (χ0n) is 17.9.